The summed E-state index contributed by atoms with van der Waals surface area (Å²) in [5.74, 6) is 6.71. The molecule has 1 aliphatic heterocycles. The highest BCUT2D eigenvalue weighted by atomic mass is 16.5. The largest absolute Gasteiger partial charge is 0.491 e. The summed E-state index contributed by atoms with van der Waals surface area (Å²) in [6.07, 6.45) is 3.42. The average molecular weight is 278 g/mol. The van der Waals surface area contributed by atoms with Crippen LogP contribution in [0.25, 0.3) is 0 Å². The lowest BCUT2D eigenvalue weighted by molar-refractivity contribution is -0.0903. The van der Waals surface area contributed by atoms with Crippen LogP contribution < -0.4 is 16.0 Å². The molecule has 0 amide bonds. The Balaban J connectivity index is 2.31. The molecule has 1 aromatic rings. The van der Waals surface area contributed by atoms with Gasteiger partial charge in [-0.1, -0.05) is 18.2 Å². The molecule has 1 saturated heterocycles. The van der Waals surface area contributed by atoms with E-state index in [-0.39, 0.29) is 17.7 Å². The highest BCUT2D eigenvalue weighted by molar-refractivity contribution is 5.37. The highest BCUT2D eigenvalue weighted by Gasteiger charge is 2.38. The van der Waals surface area contributed by atoms with Gasteiger partial charge in [0.1, 0.15) is 5.75 Å². The molecule has 1 aromatic carbocycles. The van der Waals surface area contributed by atoms with Crippen molar-refractivity contribution in [1.29, 1.82) is 0 Å². The first-order chi connectivity index (χ1) is 9.57. The summed E-state index contributed by atoms with van der Waals surface area (Å²) in [6, 6.07) is 7.98. The molecular weight excluding hydrogens is 252 g/mol. The third kappa shape index (κ3) is 3.32. The number of benzene rings is 1. The van der Waals surface area contributed by atoms with Gasteiger partial charge in [-0.05, 0) is 46.1 Å². The smallest absolute Gasteiger partial charge is 0.124 e. The standard InChI is InChI=1S/C16H26N2O2/c1-12(2)20-14-9-5-4-8-13(14)15(18-17)16(3)10-6-7-11-19-16/h4-5,8-9,12,15,18H,6-7,10-11,17H2,1-3H3. The lowest BCUT2D eigenvalue weighted by Gasteiger charge is -2.41. The fraction of sp³-hybridized carbons (Fsp3) is 0.625. The van der Waals surface area contributed by atoms with Crippen LogP contribution in [0.4, 0.5) is 0 Å². The molecule has 2 atom stereocenters. The number of hydrogen-bond acceptors (Lipinski definition) is 4. The molecule has 0 aliphatic carbocycles. The summed E-state index contributed by atoms with van der Waals surface area (Å²) in [4.78, 5) is 0. The summed E-state index contributed by atoms with van der Waals surface area (Å²) < 4.78 is 11.9. The quantitative estimate of drug-likeness (QED) is 0.642. The van der Waals surface area contributed by atoms with E-state index in [1.807, 2.05) is 32.0 Å². The zero-order valence-electron chi connectivity index (χ0n) is 12.7. The maximum atomic E-state index is 6.03. The van der Waals surface area contributed by atoms with E-state index in [1.54, 1.807) is 0 Å². The third-order valence-electron chi connectivity index (χ3n) is 3.87. The van der Waals surface area contributed by atoms with E-state index in [4.69, 9.17) is 15.3 Å². The van der Waals surface area contributed by atoms with Gasteiger partial charge in [-0.25, -0.2) is 5.43 Å². The highest BCUT2D eigenvalue weighted by Crippen LogP contribution is 2.39. The minimum absolute atomic E-state index is 0.0715. The number of hydrogen-bond donors (Lipinski definition) is 2. The van der Waals surface area contributed by atoms with Crippen LogP contribution in [-0.4, -0.2) is 18.3 Å². The van der Waals surface area contributed by atoms with Gasteiger partial charge in [-0.3, -0.25) is 5.84 Å². The van der Waals surface area contributed by atoms with Gasteiger partial charge in [0.05, 0.1) is 17.7 Å². The molecular formula is C16H26N2O2. The van der Waals surface area contributed by atoms with Crippen molar-refractivity contribution in [2.75, 3.05) is 6.61 Å². The lowest BCUT2D eigenvalue weighted by Crippen LogP contribution is -2.48. The summed E-state index contributed by atoms with van der Waals surface area (Å²) in [7, 11) is 0. The van der Waals surface area contributed by atoms with Crippen LogP contribution in [0.1, 0.15) is 51.6 Å². The Kier molecular flexibility index (Phi) is 5.02. The van der Waals surface area contributed by atoms with E-state index in [1.165, 1.54) is 6.42 Å². The second-order valence-corrected chi connectivity index (χ2v) is 5.92. The molecule has 4 nitrogen and oxygen atoms in total. The summed E-state index contributed by atoms with van der Waals surface area (Å²) >= 11 is 0. The number of hydrazine groups is 1. The zero-order valence-corrected chi connectivity index (χ0v) is 12.7. The van der Waals surface area contributed by atoms with Crippen molar-refractivity contribution in [3.63, 3.8) is 0 Å². The molecule has 0 spiro atoms. The van der Waals surface area contributed by atoms with Crippen molar-refractivity contribution in [2.24, 2.45) is 5.84 Å². The fourth-order valence-corrected chi connectivity index (χ4v) is 2.86. The topological polar surface area (TPSA) is 56.5 Å². The van der Waals surface area contributed by atoms with Crippen molar-refractivity contribution in [3.8, 4) is 5.75 Å². The van der Waals surface area contributed by atoms with E-state index in [2.05, 4.69) is 18.4 Å². The molecule has 0 aromatic heterocycles. The minimum Gasteiger partial charge on any atom is -0.491 e. The predicted molar refractivity (Wildman–Crippen MR) is 80.5 cm³/mol. The van der Waals surface area contributed by atoms with E-state index in [9.17, 15) is 0 Å². The van der Waals surface area contributed by atoms with Gasteiger partial charge >= 0.3 is 0 Å². The van der Waals surface area contributed by atoms with Crippen LogP contribution in [-0.2, 0) is 4.74 Å². The zero-order chi connectivity index (χ0) is 14.6. The van der Waals surface area contributed by atoms with Crippen molar-refractivity contribution in [1.82, 2.24) is 5.43 Å². The molecule has 3 N–H and O–H groups in total. The average Bonchev–Trinajstić information content (AvgIpc) is 2.41. The molecule has 1 heterocycles. The Hall–Kier alpha value is -1.10. The van der Waals surface area contributed by atoms with Crippen molar-refractivity contribution in [2.45, 2.75) is 57.8 Å². The van der Waals surface area contributed by atoms with Crippen LogP contribution in [0.2, 0.25) is 0 Å². The molecule has 0 saturated carbocycles. The normalized spacial score (nSPS) is 24.6. The van der Waals surface area contributed by atoms with Crippen LogP contribution in [0.15, 0.2) is 24.3 Å². The molecule has 20 heavy (non-hydrogen) atoms. The molecule has 0 bridgehead atoms. The lowest BCUT2D eigenvalue weighted by atomic mass is 9.84. The van der Waals surface area contributed by atoms with Gasteiger partial charge in [-0.15, -0.1) is 0 Å². The van der Waals surface area contributed by atoms with Gasteiger partial charge in [-0.2, -0.15) is 0 Å². The van der Waals surface area contributed by atoms with Crippen LogP contribution in [0, 0.1) is 0 Å². The fourth-order valence-electron chi connectivity index (χ4n) is 2.86. The second kappa shape index (κ2) is 6.57. The molecule has 2 rings (SSSR count). The van der Waals surface area contributed by atoms with Crippen molar-refractivity contribution in [3.05, 3.63) is 29.8 Å². The van der Waals surface area contributed by atoms with Gasteiger partial charge < -0.3 is 9.47 Å². The maximum Gasteiger partial charge on any atom is 0.124 e. The van der Waals surface area contributed by atoms with Gasteiger partial charge in [0.2, 0.25) is 0 Å². The molecule has 4 heteroatoms. The van der Waals surface area contributed by atoms with Gasteiger partial charge in [0, 0.05) is 12.2 Å². The Morgan fingerprint density at radius 1 is 1.30 bits per heavy atom. The maximum absolute atomic E-state index is 6.03. The van der Waals surface area contributed by atoms with E-state index in [0.717, 1.165) is 30.8 Å². The van der Waals surface area contributed by atoms with Crippen LogP contribution in [0.5, 0.6) is 5.75 Å². The first kappa shape index (κ1) is 15.3. The number of nitrogens with one attached hydrogen (secondary N) is 1. The third-order valence-corrected chi connectivity index (χ3v) is 3.87. The molecule has 2 unspecified atom stereocenters. The molecule has 1 aliphatic rings. The summed E-state index contributed by atoms with van der Waals surface area (Å²) in [5, 5.41) is 0. The van der Waals surface area contributed by atoms with E-state index >= 15 is 0 Å². The number of ether oxygens (including phenoxy) is 2. The Morgan fingerprint density at radius 3 is 2.65 bits per heavy atom. The molecule has 112 valence electrons. The van der Waals surface area contributed by atoms with Crippen LogP contribution >= 0.6 is 0 Å². The Labute approximate surface area is 121 Å². The van der Waals surface area contributed by atoms with Crippen LogP contribution in [0.3, 0.4) is 0 Å². The Morgan fingerprint density at radius 2 is 2.05 bits per heavy atom. The minimum atomic E-state index is -0.288. The summed E-state index contributed by atoms with van der Waals surface area (Å²) in [6.45, 7) is 6.98. The SMILES string of the molecule is CC(C)Oc1ccccc1C(NN)C1(C)CCCCO1. The molecule has 0 radical (unpaired) electrons. The van der Waals surface area contributed by atoms with Gasteiger partial charge in [0.15, 0.2) is 0 Å². The van der Waals surface area contributed by atoms with E-state index < -0.39 is 0 Å². The monoisotopic (exact) mass is 278 g/mol. The van der Waals surface area contributed by atoms with Gasteiger partial charge in [0.25, 0.3) is 0 Å². The predicted octanol–water partition coefficient (Wildman–Crippen LogP) is 2.94. The van der Waals surface area contributed by atoms with Crippen molar-refractivity contribution < 1.29 is 9.47 Å². The first-order valence-electron chi connectivity index (χ1n) is 7.42. The summed E-state index contributed by atoms with van der Waals surface area (Å²) in [5.41, 5.74) is 3.71. The number of nitrogens with two attached hydrogens (primary N) is 1. The number of rotatable bonds is 5. The molecule has 1 fully saturated rings. The Bertz CT molecular complexity index is 428. The number of para-hydroxylation sites is 1. The second-order valence-electron chi connectivity index (χ2n) is 5.92. The van der Waals surface area contributed by atoms with Crippen molar-refractivity contribution >= 4 is 0 Å². The first-order valence-corrected chi connectivity index (χ1v) is 7.42. The van der Waals surface area contributed by atoms with E-state index in [0.29, 0.717) is 0 Å².